The summed E-state index contributed by atoms with van der Waals surface area (Å²) in [5, 5.41) is 15.7. The van der Waals surface area contributed by atoms with Gasteiger partial charge in [0.05, 0.1) is 27.2 Å². The Bertz CT molecular complexity index is 2070. The molecule has 1 atom stereocenters. The van der Waals surface area contributed by atoms with E-state index in [1.165, 1.54) is 17.2 Å². The van der Waals surface area contributed by atoms with E-state index in [4.69, 9.17) is 14.2 Å². The van der Waals surface area contributed by atoms with Crippen LogP contribution in [0.1, 0.15) is 27.0 Å². The number of benzene rings is 4. The minimum absolute atomic E-state index is 0.166. The highest BCUT2D eigenvalue weighted by Crippen LogP contribution is 2.42. The molecule has 2 heterocycles. The summed E-state index contributed by atoms with van der Waals surface area (Å²) < 4.78 is 18.6. The molecule has 3 N–H and O–H groups in total. The Morgan fingerprint density at radius 2 is 1.33 bits per heavy atom. The molecule has 2 aromatic heterocycles. The first-order valence-electron chi connectivity index (χ1n) is 15.9. The molecule has 0 fully saturated rings. The van der Waals surface area contributed by atoms with E-state index >= 15 is 0 Å². The molecule has 0 radical (unpaired) electrons. The van der Waals surface area contributed by atoms with Crippen LogP contribution >= 0.6 is 0 Å². The molecular formula is C38H34N6O7. The minimum atomic E-state index is -1.51. The zero-order chi connectivity index (χ0) is 35.8. The Labute approximate surface area is 292 Å². The average Bonchev–Trinajstić information content (AvgIpc) is 3.59. The number of rotatable bonds is 13. The fourth-order valence-corrected chi connectivity index (χ4v) is 5.65. The normalized spacial score (nSPS) is 11.7. The number of amides is 2. The number of hydrogen-bond acceptors (Lipinski definition) is 10. The molecule has 51 heavy (non-hydrogen) atoms. The van der Waals surface area contributed by atoms with Crippen molar-refractivity contribution < 1.29 is 33.7 Å². The molecule has 0 aliphatic rings. The summed E-state index contributed by atoms with van der Waals surface area (Å²) in [5.74, 6) is -0.527. The summed E-state index contributed by atoms with van der Waals surface area (Å²) in [7, 11) is 3.11. The Kier molecular flexibility index (Phi) is 10.3. The number of aromatic nitrogens is 4. The lowest BCUT2D eigenvalue weighted by molar-refractivity contribution is -0.158. The van der Waals surface area contributed by atoms with E-state index in [0.29, 0.717) is 33.8 Å². The first kappa shape index (κ1) is 34.3. The third-order valence-corrected chi connectivity index (χ3v) is 8.21. The summed E-state index contributed by atoms with van der Waals surface area (Å²) in [6, 6.07) is 30.5. The van der Waals surface area contributed by atoms with Crippen LogP contribution in [-0.4, -0.2) is 69.3 Å². The molecule has 0 aliphatic heterocycles. The fraction of sp³-hybridized carbons (Fsp3) is 0.158. The largest absolute Gasteiger partial charge is 0.497 e. The summed E-state index contributed by atoms with van der Waals surface area (Å²) >= 11 is 0. The van der Waals surface area contributed by atoms with Crippen LogP contribution in [0, 0.1) is 0 Å². The number of aliphatic hydroxyl groups excluding tert-OH is 1. The van der Waals surface area contributed by atoms with Gasteiger partial charge < -0.3 is 34.5 Å². The molecule has 0 saturated carbocycles. The summed E-state index contributed by atoms with van der Waals surface area (Å²) in [6.07, 6.45) is 2.62. The van der Waals surface area contributed by atoms with Crippen molar-refractivity contribution in [2.24, 2.45) is 0 Å². The van der Waals surface area contributed by atoms with Gasteiger partial charge in [-0.15, -0.1) is 0 Å². The number of aliphatic hydroxyl groups is 1. The molecule has 258 valence electrons. The van der Waals surface area contributed by atoms with Gasteiger partial charge >= 0.3 is 5.97 Å². The first-order valence-corrected chi connectivity index (χ1v) is 15.9. The SMILES string of the molecule is COc1ccc(C(OC(=O)[C@H](CO)NC(=O)Cn2cnc3c(NC(=O)c4ccccc4)ncnc32)(c2ccccc2)c2ccc(OC)cc2)cc1. The van der Waals surface area contributed by atoms with Crippen LogP contribution in [0.3, 0.4) is 0 Å². The Morgan fingerprint density at radius 1 is 0.765 bits per heavy atom. The third kappa shape index (κ3) is 7.23. The summed E-state index contributed by atoms with van der Waals surface area (Å²) in [6.45, 7) is -1.06. The van der Waals surface area contributed by atoms with Crippen LogP contribution in [0.4, 0.5) is 5.82 Å². The number of esters is 1. The number of imidazole rings is 1. The predicted octanol–water partition coefficient (Wildman–Crippen LogP) is 4.11. The fourth-order valence-electron chi connectivity index (χ4n) is 5.65. The molecule has 2 amide bonds. The van der Waals surface area contributed by atoms with Crippen molar-refractivity contribution in [3.8, 4) is 11.5 Å². The number of hydrogen-bond donors (Lipinski definition) is 3. The second kappa shape index (κ2) is 15.3. The molecule has 6 rings (SSSR count). The van der Waals surface area contributed by atoms with Crippen LogP contribution in [0.25, 0.3) is 11.2 Å². The highest BCUT2D eigenvalue weighted by atomic mass is 16.6. The Hall–Kier alpha value is -6.60. The maximum absolute atomic E-state index is 14.0. The van der Waals surface area contributed by atoms with Crippen molar-refractivity contribution >= 4 is 34.8 Å². The van der Waals surface area contributed by atoms with Crippen LogP contribution < -0.4 is 20.1 Å². The van der Waals surface area contributed by atoms with E-state index in [1.807, 2.05) is 30.3 Å². The maximum atomic E-state index is 14.0. The van der Waals surface area contributed by atoms with Crippen molar-refractivity contribution in [3.05, 3.63) is 144 Å². The lowest BCUT2D eigenvalue weighted by Gasteiger charge is -2.36. The first-order chi connectivity index (χ1) is 24.9. The van der Waals surface area contributed by atoms with Gasteiger partial charge in [-0.25, -0.2) is 19.7 Å². The van der Waals surface area contributed by atoms with Crippen LogP contribution in [0.5, 0.6) is 11.5 Å². The van der Waals surface area contributed by atoms with Crippen LogP contribution in [0.2, 0.25) is 0 Å². The summed E-state index contributed by atoms with van der Waals surface area (Å²) in [4.78, 5) is 52.9. The number of carbonyl (C=O) groups is 3. The zero-order valence-electron chi connectivity index (χ0n) is 27.7. The van der Waals surface area contributed by atoms with E-state index < -0.39 is 30.1 Å². The van der Waals surface area contributed by atoms with E-state index in [-0.39, 0.29) is 29.4 Å². The number of nitrogens with one attached hydrogen (secondary N) is 2. The standard InChI is InChI=1S/C38H34N6O7/c1-49-29-17-13-27(14-18-29)38(26-11-7-4-8-12-26,28-15-19-30(50-2)20-16-28)51-37(48)31(22-45)42-32(46)21-44-24-41-33-34(39-23-40-35(33)44)43-36(47)25-9-5-3-6-10-25/h3-20,23-24,31,45H,21-22H2,1-2H3,(H,42,46)(H,39,40,43,47)/t31-/m0/s1. The van der Waals surface area contributed by atoms with Crippen molar-refractivity contribution in [2.75, 3.05) is 26.1 Å². The van der Waals surface area contributed by atoms with Gasteiger partial charge in [0, 0.05) is 22.3 Å². The third-order valence-electron chi connectivity index (χ3n) is 8.21. The topological polar surface area (TPSA) is 167 Å². The lowest BCUT2D eigenvalue weighted by atomic mass is 9.80. The van der Waals surface area contributed by atoms with Gasteiger partial charge in [-0.3, -0.25) is 9.59 Å². The molecule has 13 heteroatoms. The van der Waals surface area contributed by atoms with E-state index in [0.717, 1.165) is 0 Å². The number of carbonyl (C=O) groups excluding carboxylic acids is 3. The van der Waals surface area contributed by atoms with Gasteiger partial charge in [0.2, 0.25) is 5.91 Å². The molecule has 0 bridgehead atoms. The number of nitrogens with zero attached hydrogens (tertiary/aromatic N) is 4. The lowest BCUT2D eigenvalue weighted by Crippen LogP contribution is -2.48. The van der Waals surface area contributed by atoms with Gasteiger partial charge in [0.1, 0.15) is 24.4 Å². The predicted molar refractivity (Wildman–Crippen MR) is 187 cm³/mol. The number of ether oxygens (including phenoxy) is 3. The Morgan fingerprint density at radius 3 is 1.90 bits per heavy atom. The van der Waals surface area contributed by atoms with Gasteiger partial charge in [-0.1, -0.05) is 72.8 Å². The van der Waals surface area contributed by atoms with E-state index in [1.54, 1.807) is 93.1 Å². The van der Waals surface area contributed by atoms with Crippen molar-refractivity contribution in [2.45, 2.75) is 18.2 Å². The van der Waals surface area contributed by atoms with Gasteiger partial charge in [0.25, 0.3) is 5.91 Å². The maximum Gasteiger partial charge on any atom is 0.332 e. The quantitative estimate of drug-likeness (QED) is 0.119. The van der Waals surface area contributed by atoms with Crippen LogP contribution in [-0.2, 0) is 26.5 Å². The van der Waals surface area contributed by atoms with Crippen molar-refractivity contribution in [3.63, 3.8) is 0 Å². The second-order valence-corrected chi connectivity index (χ2v) is 11.3. The zero-order valence-corrected chi connectivity index (χ0v) is 27.7. The molecule has 4 aromatic carbocycles. The smallest absolute Gasteiger partial charge is 0.332 e. The van der Waals surface area contributed by atoms with Crippen LogP contribution in [0.15, 0.2) is 122 Å². The van der Waals surface area contributed by atoms with Crippen molar-refractivity contribution in [1.29, 1.82) is 0 Å². The molecule has 0 spiro atoms. The average molecular weight is 687 g/mol. The number of methoxy groups -OCH3 is 2. The van der Waals surface area contributed by atoms with E-state index in [9.17, 15) is 19.5 Å². The molecule has 0 unspecified atom stereocenters. The highest BCUT2D eigenvalue weighted by Gasteiger charge is 2.42. The van der Waals surface area contributed by atoms with Crippen molar-refractivity contribution in [1.82, 2.24) is 24.8 Å². The highest BCUT2D eigenvalue weighted by molar-refractivity contribution is 6.06. The van der Waals surface area contributed by atoms with Gasteiger partial charge in [-0.05, 0) is 36.4 Å². The van der Waals surface area contributed by atoms with Gasteiger partial charge in [-0.2, -0.15) is 0 Å². The second-order valence-electron chi connectivity index (χ2n) is 11.3. The minimum Gasteiger partial charge on any atom is -0.497 e. The molecule has 0 saturated heterocycles. The molecule has 13 nitrogen and oxygen atoms in total. The van der Waals surface area contributed by atoms with E-state index in [2.05, 4.69) is 25.6 Å². The van der Waals surface area contributed by atoms with Gasteiger partial charge in [0.15, 0.2) is 28.6 Å². The molecule has 0 aliphatic carbocycles. The number of fused-ring (bicyclic) bond motifs is 1. The number of anilines is 1. The summed E-state index contributed by atoms with van der Waals surface area (Å²) in [5.41, 5.74) is 1.27. The molecular weight excluding hydrogens is 652 g/mol. The Balaban J connectivity index is 1.27. The monoisotopic (exact) mass is 686 g/mol. The molecule has 6 aromatic rings.